The second-order valence-corrected chi connectivity index (χ2v) is 2.69. The lowest BCUT2D eigenvalue weighted by Gasteiger charge is -1.92. The highest BCUT2D eigenvalue weighted by Gasteiger charge is 2.11. The number of nitrogen functional groups attached to an aromatic ring is 1. The summed E-state index contributed by atoms with van der Waals surface area (Å²) >= 11 is 0. The Bertz CT molecular complexity index is 436. The van der Waals surface area contributed by atoms with Crippen LogP contribution in [-0.2, 0) is 0 Å². The van der Waals surface area contributed by atoms with Crippen molar-refractivity contribution in [1.29, 1.82) is 0 Å². The third-order valence-corrected chi connectivity index (χ3v) is 1.73. The van der Waals surface area contributed by atoms with Crippen molar-refractivity contribution < 1.29 is 8.78 Å². The van der Waals surface area contributed by atoms with Crippen molar-refractivity contribution >= 4 is 11.3 Å². The number of nitrogens with zero attached hydrogens (tertiary/aromatic N) is 2. The van der Waals surface area contributed by atoms with Crippen LogP contribution < -0.4 is 5.73 Å². The molecule has 68 valence electrons. The van der Waals surface area contributed by atoms with Gasteiger partial charge in [-0.25, -0.2) is 13.8 Å². The molecular weight excluding hydrogens is 176 g/mol. The lowest BCUT2D eigenvalue weighted by Crippen LogP contribution is -1.87. The number of rotatable bonds is 1. The Balaban J connectivity index is 2.62. The lowest BCUT2D eigenvalue weighted by molar-refractivity contribution is 0.147. The second-order valence-electron chi connectivity index (χ2n) is 2.69. The molecule has 0 amide bonds. The van der Waals surface area contributed by atoms with Gasteiger partial charge in [0.25, 0.3) is 6.43 Å². The summed E-state index contributed by atoms with van der Waals surface area (Å²) in [6.07, 6.45) is 0.351. The Kier molecular flexibility index (Phi) is 1.65. The number of pyridine rings is 1. The largest absolute Gasteiger partial charge is 0.399 e. The van der Waals surface area contributed by atoms with E-state index in [1.165, 1.54) is 10.6 Å². The first kappa shape index (κ1) is 7.97. The van der Waals surface area contributed by atoms with Gasteiger partial charge in [0, 0.05) is 24.1 Å². The number of halogens is 2. The van der Waals surface area contributed by atoms with Crippen LogP contribution >= 0.6 is 0 Å². The van der Waals surface area contributed by atoms with E-state index in [0.717, 1.165) is 0 Å². The quantitative estimate of drug-likeness (QED) is 0.733. The summed E-state index contributed by atoms with van der Waals surface area (Å²) in [6.45, 7) is 0. The van der Waals surface area contributed by atoms with Gasteiger partial charge in [0.1, 0.15) is 11.3 Å². The molecule has 13 heavy (non-hydrogen) atoms. The molecule has 2 N–H and O–H groups in total. The molecule has 0 unspecified atom stereocenters. The van der Waals surface area contributed by atoms with E-state index in [1.54, 1.807) is 18.3 Å². The number of fused-ring (bicyclic) bond motifs is 1. The normalized spacial score (nSPS) is 11.3. The number of anilines is 1. The molecule has 2 aromatic heterocycles. The van der Waals surface area contributed by atoms with Gasteiger partial charge in [0.05, 0.1) is 0 Å². The van der Waals surface area contributed by atoms with E-state index in [-0.39, 0.29) is 5.69 Å². The van der Waals surface area contributed by atoms with E-state index in [4.69, 9.17) is 5.73 Å². The molecule has 0 saturated heterocycles. The Morgan fingerprint density at radius 2 is 2.23 bits per heavy atom. The molecule has 3 nitrogen and oxygen atoms in total. The van der Waals surface area contributed by atoms with Crippen molar-refractivity contribution in [3.05, 3.63) is 30.2 Å². The number of nitrogens with two attached hydrogens (primary N) is 1. The molecule has 0 aliphatic heterocycles. The number of aromatic nitrogens is 2. The third-order valence-electron chi connectivity index (χ3n) is 1.73. The van der Waals surface area contributed by atoms with Crippen LogP contribution in [-0.4, -0.2) is 9.38 Å². The summed E-state index contributed by atoms with van der Waals surface area (Å²) < 4.78 is 25.9. The van der Waals surface area contributed by atoms with Crippen molar-refractivity contribution in [3.8, 4) is 0 Å². The van der Waals surface area contributed by atoms with Crippen LogP contribution in [0.3, 0.4) is 0 Å². The number of imidazole rings is 1. The third kappa shape index (κ3) is 1.32. The van der Waals surface area contributed by atoms with Gasteiger partial charge in [0.15, 0.2) is 0 Å². The zero-order valence-corrected chi connectivity index (χ0v) is 6.61. The van der Waals surface area contributed by atoms with Crippen LogP contribution in [0.1, 0.15) is 12.1 Å². The summed E-state index contributed by atoms with van der Waals surface area (Å²) in [6, 6.07) is 3.18. The van der Waals surface area contributed by atoms with Gasteiger partial charge in [-0.2, -0.15) is 0 Å². The highest BCUT2D eigenvalue weighted by molar-refractivity contribution is 5.52. The van der Waals surface area contributed by atoms with Crippen LogP contribution in [0.5, 0.6) is 0 Å². The monoisotopic (exact) mass is 183 g/mol. The summed E-state index contributed by atoms with van der Waals surface area (Å²) in [7, 11) is 0. The molecule has 0 radical (unpaired) electrons. The van der Waals surface area contributed by atoms with Gasteiger partial charge in [-0.1, -0.05) is 0 Å². The maximum absolute atomic E-state index is 12.2. The van der Waals surface area contributed by atoms with E-state index in [1.807, 2.05) is 0 Å². The van der Waals surface area contributed by atoms with E-state index in [2.05, 4.69) is 4.98 Å². The molecule has 2 heterocycles. The Morgan fingerprint density at radius 1 is 1.46 bits per heavy atom. The number of hydrogen-bond acceptors (Lipinski definition) is 2. The van der Waals surface area contributed by atoms with Gasteiger partial charge in [-0.05, 0) is 6.07 Å². The molecule has 5 heteroatoms. The predicted molar refractivity (Wildman–Crippen MR) is 44.6 cm³/mol. The van der Waals surface area contributed by atoms with E-state index in [9.17, 15) is 8.78 Å². The first-order valence-electron chi connectivity index (χ1n) is 3.69. The minimum atomic E-state index is -2.54. The standard InChI is InChI=1S/C8H7F2N3/c9-8(10)6-4-13-2-1-5(11)3-7(13)12-6/h1-4,8H,11H2. The Labute approximate surface area is 72.8 Å². The van der Waals surface area contributed by atoms with Crippen LogP contribution in [0.2, 0.25) is 0 Å². The van der Waals surface area contributed by atoms with E-state index < -0.39 is 6.43 Å². The van der Waals surface area contributed by atoms with Gasteiger partial charge in [-0.15, -0.1) is 0 Å². The summed E-state index contributed by atoms with van der Waals surface area (Å²) in [5.74, 6) is 0. The maximum atomic E-state index is 12.2. The molecule has 0 aliphatic carbocycles. The summed E-state index contributed by atoms with van der Waals surface area (Å²) in [5.41, 5.74) is 6.19. The van der Waals surface area contributed by atoms with Gasteiger partial charge >= 0.3 is 0 Å². The topological polar surface area (TPSA) is 43.3 Å². The Morgan fingerprint density at radius 3 is 2.92 bits per heavy atom. The minimum Gasteiger partial charge on any atom is -0.399 e. The van der Waals surface area contributed by atoms with Crippen molar-refractivity contribution in [2.24, 2.45) is 0 Å². The van der Waals surface area contributed by atoms with Gasteiger partial charge in [0.2, 0.25) is 0 Å². The summed E-state index contributed by atoms with van der Waals surface area (Å²) in [4.78, 5) is 3.71. The average molecular weight is 183 g/mol. The smallest absolute Gasteiger partial charge is 0.281 e. The number of hydrogen-bond donors (Lipinski definition) is 1. The molecule has 2 rings (SSSR count). The number of alkyl halides is 2. The van der Waals surface area contributed by atoms with Crippen molar-refractivity contribution in [2.45, 2.75) is 6.43 Å². The molecule has 0 atom stereocenters. The lowest BCUT2D eigenvalue weighted by atomic mass is 10.4. The SMILES string of the molecule is Nc1ccn2cc(C(F)F)nc2c1. The van der Waals surface area contributed by atoms with Crippen LogP contribution in [0.15, 0.2) is 24.5 Å². The van der Waals surface area contributed by atoms with Crippen molar-refractivity contribution in [2.75, 3.05) is 5.73 Å². The highest BCUT2D eigenvalue weighted by atomic mass is 19.3. The average Bonchev–Trinajstić information content (AvgIpc) is 2.46. The molecule has 0 spiro atoms. The van der Waals surface area contributed by atoms with Crippen LogP contribution in [0, 0.1) is 0 Å². The first-order chi connectivity index (χ1) is 6.16. The van der Waals surface area contributed by atoms with E-state index in [0.29, 0.717) is 11.3 Å². The fourth-order valence-electron chi connectivity index (χ4n) is 1.12. The van der Waals surface area contributed by atoms with Crippen LogP contribution in [0.25, 0.3) is 5.65 Å². The molecule has 2 aromatic rings. The molecule has 0 fully saturated rings. The van der Waals surface area contributed by atoms with Crippen LogP contribution in [0.4, 0.5) is 14.5 Å². The predicted octanol–water partition coefficient (Wildman–Crippen LogP) is 1.85. The fraction of sp³-hybridized carbons (Fsp3) is 0.125. The summed E-state index contributed by atoms with van der Waals surface area (Å²) in [5, 5.41) is 0. The maximum Gasteiger partial charge on any atom is 0.281 e. The zero-order valence-electron chi connectivity index (χ0n) is 6.61. The molecule has 0 aliphatic rings. The molecule has 0 bridgehead atoms. The van der Waals surface area contributed by atoms with Gasteiger partial charge < -0.3 is 10.1 Å². The van der Waals surface area contributed by atoms with E-state index >= 15 is 0 Å². The fourth-order valence-corrected chi connectivity index (χ4v) is 1.12. The van der Waals surface area contributed by atoms with Crippen molar-refractivity contribution in [1.82, 2.24) is 9.38 Å². The zero-order chi connectivity index (χ0) is 9.42. The van der Waals surface area contributed by atoms with Crippen molar-refractivity contribution in [3.63, 3.8) is 0 Å². The highest BCUT2D eigenvalue weighted by Crippen LogP contribution is 2.18. The second kappa shape index (κ2) is 2.69. The molecule has 0 saturated carbocycles. The molecule has 0 aromatic carbocycles. The Hall–Kier alpha value is -1.65. The first-order valence-corrected chi connectivity index (χ1v) is 3.69. The molecular formula is C8H7F2N3. The minimum absolute atomic E-state index is 0.231. The van der Waals surface area contributed by atoms with Gasteiger partial charge in [-0.3, -0.25) is 0 Å².